The molecule has 22 heavy (non-hydrogen) atoms. The molecule has 1 aromatic heterocycles. The first-order valence-electron chi connectivity index (χ1n) is 6.23. The predicted octanol–water partition coefficient (Wildman–Crippen LogP) is 3.17. The molecule has 1 N–H and O–H groups in total. The quantitative estimate of drug-likeness (QED) is 0.654. The van der Waals surface area contributed by atoms with Crippen LogP contribution in [0.4, 0.5) is 5.69 Å². The Kier molecular flexibility index (Phi) is 4.34. The topological polar surface area (TPSA) is 72.7 Å². The molecule has 0 saturated carbocycles. The summed E-state index contributed by atoms with van der Waals surface area (Å²) in [6.07, 6.45) is 1.49. The molecular formula is C14H9ClIN5O. The number of hydrogen-bond donors (Lipinski definition) is 1. The fourth-order valence-corrected chi connectivity index (χ4v) is 2.99. The van der Waals surface area contributed by atoms with Crippen LogP contribution < -0.4 is 5.32 Å². The average molecular weight is 426 g/mol. The highest BCUT2D eigenvalue weighted by molar-refractivity contribution is 14.1. The third kappa shape index (κ3) is 3.25. The summed E-state index contributed by atoms with van der Waals surface area (Å²) >= 11 is 7.98. The van der Waals surface area contributed by atoms with Crippen LogP contribution in [0.5, 0.6) is 0 Å². The van der Waals surface area contributed by atoms with E-state index in [9.17, 15) is 4.79 Å². The van der Waals surface area contributed by atoms with Gasteiger partial charge in [0, 0.05) is 14.3 Å². The molecule has 0 aliphatic rings. The standard InChI is InChI=1S/C14H9ClIN5O/c15-9-4-5-12(13(16)6-9)14(22)18-10-2-1-3-11(7-10)21-8-17-19-20-21/h1-8H,(H,18,22). The van der Waals surface area contributed by atoms with Crippen molar-refractivity contribution in [2.75, 3.05) is 5.32 Å². The van der Waals surface area contributed by atoms with E-state index >= 15 is 0 Å². The Bertz CT molecular complexity index is 822. The highest BCUT2D eigenvalue weighted by Gasteiger charge is 2.11. The van der Waals surface area contributed by atoms with Crippen LogP contribution in [0.2, 0.25) is 5.02 Å². The summed E-state index contributed by atoms with van der Waals surface area (Å²) in [7, 11) is 0. The maximum Gasteiger partial charge on any atom is 0.256 e. The lowest BCUT2D eigenvalue weighted by atomic mass is 10.2. The van der Waals surface area contributed by atoms with Gasteiger partial charge in [0.1, 0.15) is 6.33 Å². The van der Waals surface area contributed by atoms with Gasteiger partial charge in [0.05, 0.1) is 11.3 Å². The summed E-state index contributed by atoms with van der Waals surface area (Å²) in [5.74, 6) is -0.199. The van der Waals surface area contributed by atoms with Gasteiger partial charge in [-0.05, 0) is 69.4 Å². The zero-order valence-electron chi connectivity index (χ0n) is 11.1. The molecule has 0 aliphatic heterocycles. The second-order valence-corrected chi connectivity index (χ2v) is 5.98. The van der Waals surface area contributed by atoms with Crippen molar-refractivity contribution in [3.05, 3.63) is 62.9 Å². The van der Waals surface area contributed by atoms with Gasteiger partial charge in [-0.3, -0.25) is 4.79 Å². The van der Waals surface area contributed by atoms with Crippen LogP contribution in [0.25, 0.3) is 5.69 Å². The van der Waals surface area contributed by atoms with E-state index in [0.717, 1.165) is 9.26 Å². The molecule has 0 spiro atoms. The number of nitrogens with one attached hydrogen (secondary N) is 1. The second-order valence-electron chi connectivity index (χ2n) is 4.38. The van der Waals surface area contributed by atoms with Crippen LogP contribution in [-0.2, 0) is 0 Å². The third-order valence-electron chi connectivity index (χ3n) is 2.89. The minimum Gasteiger partial charge on any atom is -0.322 e. The number of anilines is 1. The van der Waals surface area contributed by atoms with Gasteiger partial charge in [0.25, 0.3) is 5.91 Å². The zero-order valence-corrected chi connectivity index (χ0v) is 14.0. The lowest BCUT2D eigenvalue weighted by molar-refractivity contribution is 0.102. The summed E-state index contributed by atoms with van der Waals surface area (Å²) < 4.78 is 2.31. The number of aromatic nitrogens is 4. The maximum atomic E-state index is 12.3. The molecule has 8 heteroatoms. The minimum atomic E-state index is -0.199. The Morgan fingerprint density at radius 3 is 2.82 bits per heavy atom. The van der Waals surface area contributed by atoms with Crippen molar-refractivity contribution in [2.24, 2.45) is 0 Å². The molecule has 2 aromatic carbocycles. The molecule has 0 unspecified atom stereocenters. The fraction of sp³-hybridized carbons (Fsp3) is 0. The van der Waals surface area contributed by atoms with E-state index < -0.39 is 0 Å². The monoisotopic (exact) mass is 425 g/mol. The van der Waals surface area contributed by atoms with Crippen LogP contribution in [-0.4, -0.2) is 26.1 Å². The van der Waals surface area contributed by atoms with Crippen LogP contribution in [0.3, 0.4) is 0 Å². The summed E-state index contributed by atoms with van der Waals surface area (Å²) in [5.41, 5.74) is 1.98. The molecule has 6 nitrogen and oxygen atoms in total. The van der Waals surface area contributed by atoms with Crippen LogP contribution in [0, 0.1) is 3.57 Å². The second kappa shape index (κ2) is 6.41. The van der Waals surface area contributed by atoms with Crippen LogP contribution in [0.1, 0.15) is 10.4 Å². The van der Waals surface area contributed by atoms with Crippen molar-refractivity contribution >= 4 is 45.8 Å². The molecule has 3 aromatic rings. The highest BCUT2D eigenvalue weighted by Crippen LogP contribution is 2.20. The molecule has 0 bridgehead atoms. The summed E-state index contributed by atoms with van der Waals surface area (Å²) in [6.45, 7) is 0. The number of carbonyl (C=O) groups excluding carboxylic acids is 1. The SMILES string of the molecule is O=C(Nc1cccc(-n2cnnn2)c1)c1ccc(Cl)cc1I. The number of hydrogen-bond acceptors (Lipinski definition) is 4. The maximum absolute atomic E-state index is 12.3. The lowest BCUT2D eigenvalue weighted by Crippen LogP contribution is -2.13. The molecule has 1 amide bonds. The van der Waals surface area contributed by atoms with Crippen molar-refractivity contribution < 1.29 is 4.79 Å². The molecule has 0 radical (unpaired) electrons. The van der Waals surface area contributed by atoms with Gasteiger partial charge in [-0.15, -0.1) is 5.10 Å². The van der Waals surface area contributed by atoms with Crippen LogP contribution in [0.15, 0.2) is 48.8 Å². The molecule has 0 saturated heterocycles. The van der Waals surface area contributed by atoms with Gasteiger partial charge in [-0.2, -0.15) is 0 Å². The molecule has 110 valence electrons. The molecule has 0 fully saturated rings. The zero-order chi connectivity index (χ0) is 15.5. The first kappa shape index (κ1) is 14.9. The average Bonchev–Trinajstić information content (AvgIpc) is 3.01. The molecular weight excluding hydrogens is 417 g/mol. The minimum absolute atomic E-state index is 0.199. The number of halogens is 2. The van der Waals surface area contributed by atoms with E-state index in [1.165, 1.54) is 11.0 Å². The van der Waals surface area contributed by atoms with Crippen molar-refractivity contribution in [3.63, 3.8) is 0 Å². The van der Waals surface area contributed by atoms with Crippen molar-refractivity contribution in [1.29, 1.82) is 0 Å². The van der Waals surface area contributed by atoms with E-state index in [1.807, 2.05) is 12.1 Å². The number of benzene rings is 2. The van der Waals surface area contributed by atoms with Crippen LogP contribution >= 0.6 is 34.2 Å². The summed E-state index contributed by atoms with van der Waals surface area (Å²) in [6, 6.07) is 12.4. The van der Waals surface area contributed by atoms with Crippen molar-refractivity contribution in [2.45, 2.75) is 0 Å². The Balaban J connectivity index is 1.84. The highest BCUT2D eigenvalue weighted by atomic mass is 127. The number of nitrogens with zero attached hydrogens (tertiary/aromatic N) is 4. The summed E-state index contributed by atoms with van der Waals surface area (Å²) in [5, 5.41) is 14.4. The Labute approximate surface area is 144 Å². The molecule has 3 rings (SSSR count). The Hall–Kier alpha value is -2.00. The van der Waals surface area contributed by atoms with Gasteiger partial charge in [0.15, 0.2) is 0 Å². The normalized spacial score (nSPS) is 10.5. The molecule has 0 aliphatic carbocycles. The smallest absolute Gasteiger partial charge is 0.256 e. The fourth-order valence-electron chi connectivity index (χ4n) is 1.88. The number of amides is 1. The van der Waals surface area contributed by atoms with E-state index in [-0.39, 0.29) is 5.91 Å². The largest absolute Gasteiger partial charge is 0.322 e. The Morgan fingerprint density at radius 1 is 1.23 bits per heavy atom. The van der Waals surface area contributed by atoms with E-state index in [4.69, 9.17) is 11.6 Å². The molecule has 0 atom stereocenters. The lowest BCUT2D eigenvalue weighted by Gasteiger charge is -2.08. The predicted molar refractivity (Wildman–Crippen MR) is 91.3 cm³/mol. The third-order valence-corrected chi connectivity index (χ3v) is 4.02. The first-order chi connectivity index (χ1) is 10.6. The molecule has 1 heterocycles. The van der Waals surface area contributed by atoms with Crippen molar-refractivity contribution in [1.82, 2.24) is 20.2 Å². The van der Waals surface area contributed by atoms with Gasteiger partial charge in [-0.1, -0.05) is 17.7 Å². The van der Waals surface area contributed by atoms with Gasteiger partial charge >= 0.3 is 0 Å². The first-order valence-corrected chi connectivity index (χ1v) is 7.69. The number of carbonyl (C=O) groups is 1. The Morgan fingerprint density at radius 2 is 2.09 bits per heavy atom. The number of tetrazole rings is 1. The summed E-state index contributed by atoms with van der Waals surface area (Å²) in [4.78, 5) is 12.3. The van der Waals surface area contributed by atoms with Gasteiger partial charge in [0.2, 0.25) is 0 Å². The van der Waals surface area contributed by atoms with Crippen molar-refractivity contribution in [3.8, 4) is 5.69 Å². The van der Waals surface area contributed by atoms with E-state index in [0.29, 0.717) is 16.3 Å². The van der Waals surface area contributed by atoms with Gasteiger partial charge < -0.3 is 5.32 Å². The van der Waals surface area contributed by atoms with Gasteiger partial charge in [-0.25, -0.2) is 4.68 Å². The van der Waals surface area contributed by atoms with E-state index in [2.05, 4.69) is 43.4 Å². The van der Waals surface area contributed by atoms with E-state index in [1.54, 1.807) is 30.3 Å². The number of rotatable bonds is 3.